The average Bonchev–Trinajstić information content (AvgIpc) is 2.38. The maximum Gasteiger partial charge on any atom is 0.328 e. The molecule has 5 nitrogen and oxygen atoms in total. The van der Waals surface area contributed by atoms with Crippen molar-refractivity contribution < 1.29 is 19.8 Å². The summed E-state index contributed by atoms with van der Waals surface area (Å²) >= 11 is 0. The first-order chi connectivity index (χ1) is 9.11. The summed E-state index contributed by atoms with van der Waals surface area (Å²) in [7, 11) is 0. The highest BCUT2D eigenvalue weighted by Gasteiger charge is 2.17. The highest BCUT2D eigenvalue weighted by atomic mass is 16.4. The zero-order valence-corrected chi connectivity index (χ0v) is 11.9. The summed E-state index contributed by atoms with van der Waals surface area (Å²) in [5.41, 5.74) is 0. The van der Waals surface area contributed by atoms with Gasteiger partial charge < -0.3 is 15.5 Å². The van der Waals surface area contributed by atoms with Crippen LogP contribution in [-0.4, -0.2) is 34.7 Å². The molecule has 1 amide bonds. The number of hydrogen-bond donors (Lipinski definition) is 3. The van der Waals surface area contributed by atoms with Gasteiger partial charge in [-0.15, -0.1) is 0 Å². The minimum atomic E-state index is -1.20. The Morgan fingerprint density at radius 2 is 1.53 bits per heavy atom. The number of nitrogens with one attached hydrogen (secondary N) is 1. The molecule has 0 saturated carbocycles. The van der Waals surface area contributed by atoms with Gasteiger partial charge in [-0.3, -0.25) is 4.79 Å². The van der Waals surface area contributed by atoms with Crippen LogP contribution in [0, 0.1) is 0 Å². The summed E-state index contributed by atoms with van der Waals surface area (Å²) < 4.78 is 0. The Hall–Kier alpha value is -1.10. The fraction of sp³-hybridized carbons (Fsp3) is 0.857. The van der Waals surface area contributed by atoms with Crippen molar-refractivity contribution >= 4 is 11.9 Å². The summed E-state index contributed by atoms with van der Waals surface area (Å²) in [6, 6.07) is -1.18. The second kappa shape index (κ2) is 12.0. The highest BCUT2D eigenvalue weighted by molar-refractivity contribution is 5.83. The molecular weight excluding hydrogens is 246 g/mol. The zero-order valence-electron chi connectivity index (χ0n) is 11.9. The Morgan fingerprint density at radius 1 is 1.00 bits per heavy atom. The van der Waals surface area contributed by atoms with Crippen LogP contribution in [-0.2, 0) is 9.59 Å². The van der Waals surface area contributed by atoms with Crippen molar-refractivity contribution in [1.82, 2.24) is 5.32 Å². The van der Waals surface area contributed by atoms with E-state index >= 15 is 0 Å². The van der Waals surface area contributed by atoms with E-state index in [0.717, 1.165) is 19.3 Å². The second-order valence-corrected chi connectivity index (χ2v) is 4.87. The quantitative estimate of drug-likeness (QED) is 0.475. The molecule has 0 unspecified atom stereocenters. The van der Waals surface area contributed by atoms with Crippen LogP contribution in [0.3, 0.4) is 0 Å². The van der Waals surface area contributed by atoms with Gasteiger partial charge in [-0.1, -0.05) is 51.9 Å². The number of carboxylic acid groups (broad SMARTS) is 1. The topological polar surface area (TPSA) is 86.6 Å². The molecule has 0 radical (unpaired) electrons. The van der Waals surface area contributed by atoms with Crippen molar-refractivity contribution in [3.05, 3.63) is 0 Å². The summed E-state index contributed by atoms with van der Waals surface area (Å²) in [5, 5.41) is 19.7. The van der Waals surface area contributed by atoms with E-state index < -0.39 is 18.6 Å². The molecule has 5 heteroatoms. The minimum absolute atomic E-state index is 0.299. The molecule has 19 heavy (non-hydrogen) atoms. The van der Waals surface area contributed by atoms with Crippen molar-refractivity contribution in [2.75, 3.05) is 6.61 Å². The normalized spacial score (nSPS) is 12.1. The molecule has 3 N–H and O–H groups in total. The van der Waals surface area contributed by atoms with Crippen molar-refractivity contribution in [2.45, 2.75) is 70.8 Å². The number of aliphatic hydroxyl groups excluding tert-OH is 1. The van der Waals surface area contributed by atoms with Crippen LogP contribution >= 0.6 is 0 Å². The number of amides is 1. The van der Waals surface area contributed by atoms with E-state index in [9.17, 15) is 9.59 Å². The maximum absolute atomic E-state index is 11.4. The predicted octanol–water partition coefficient (Wildman–Crippen LogP) is 2.08. The molecular formula is C14H27NO4. The molecule has 0 aromatic heterocycles. The van der Waals surface area contributed by atoms with Gasteiger partial charge in [0.1, 0.15) is 6.04 Å². The fourth-order valence-corrected chi connectivity index (χ4v) is 1.87. The van der Waals surface area contributed by atoms with Gasteiger partial charge in [0, 0.05) is 6.42 Å². The van der Waals surface area contributed by atoms with Gasteiger partial charge in [-0.25, -0.2) is 4.79 Å². The fourth-order valence-electron chi connectivity index (χ4n) is 1.87. The average molecular weight is 273 g/mol. The first-order valence-electron chi connectivity index (χ1n) is 7.24. The lowest BCUT2D eigenvalue weighted by Crippen LogP contribution is -2.43. The Labute approximate surface area is 115 Å². The van der Waals surface area contributed by atoms with E-state index in [1.54, 1.807) is 0 Å². The highest BCUT2D eigenvalue weighted by Crippen LogP contribution is 2.09. The van der Waals surface area contributed by atoms with Gasteiger partial charge in [0.2, 0.25) is 5.91 Å². The standard InChI is InChI=1S/C14H27NO4/c1-2-3-4-5-6-7-8-9-10-13(17)15-12(11-16)14(18)19/h12,16H,2-11H2,1H3,(H,15,17)(H,18,19)/t12-/m0/s1. The number of aliphatic carboxylic acids is 1. The van der Waals surface area contributed by atoms with Crippen molar-refractivity contribution in [3.63, 3.8) is 0 Å². The van der Waals surface area contributed by atoms with Gasteiger partial charge in [0.15, 0.2) is 0 Å². The van der Waals surface area contributed by atoms with Gasteiger partial charge >= 0.3 is 5.97 Å². The number of carboxylic acids is 1. The number of unbranched alkanes of at least 4 members (excludes halogenated alkanes) is 7. The van der Waals surface area contributed by atoms with E-state index in [2.05, 4.69) is 12.2 Å². The molecule has 112 valence electrons. The van der Waals surface area contributed by atoms with Crippen LogP contribution in [0.2, 0.25) is 0 Å². The Kier molecular flexibility index (Phi) is 11.3. The predicted molar refractivity (Wildman–Crippen MR) is 73.9 cm³/mol. The SMILES string of the molecule is CCCCCCCCCCC(=O)N[C@@H](CO)C(=O)O. The van der Waals surface area contributed by atoms with Gasteiger partial charge in [0.25, 0.3) is 0 Å². The smallest absolute Gasteiger partial charge is 0.328 e. The number of hydrogen-bond acceptors (Lipinski definition) is 3. The van der Waals surface area contributed by atoms with Crippen LogP contribution in [0.15, 0.2) is 0 Å². The molecule has 0 aliphatic rings. The van der Waals surface area contributed by atoms with Crippen molar-refractivity contribution in [1.29, 1.82) is 0 Å². The Morgan fingerprint density at radius 3 is 2.00 bits per heavy atom. The Bertz CT molecular complexity index is 256. The lowest BCUT2D eigenvalue weighted by Gasteiger charge is -2.11. The third kappa shape index (κ3) is 10.5. The molecule has 0 aromatic carbocycles. The van der Waals surface area contributed by atoms with E-state index in [4.69, 9.17) is 10.2 Å². The van der Waals surface area contributed by atoms with E-state index in [1.165, 1.54) is 32.1 Å². The summed E-state index contributed by atoms with van der Waals surface area (Å²) in [6.45, 7) is 1.62. The van der Waals surface area contributed by atoms with Crippen molar-refractivity contribution in [3.8, 4) is 0 Å². The third-order valence-corrected chi connectivity index (χ3v) is 3.07. The van der Waals surface area contributed by atoms with Gasteiger partial charge in [0.05, 0.1) is 6.61 Å². The molecule has 1 atom stereocenters. The van der Waals surface area contributed by atoms with Crippen molar-refractivity contribution in [2.24, 2.45) is 0 Å². The third-order valence-electron chi connectivity index (χ3n) is 3.07. The van der Waals surface area contributed by atoms with E-state index in [0.29, 0.717) is 6.42 Å². The number of aliphatic hydroxyl groups is 1. The number of rotatable bonds is 12. The molecule has 0 rings (SSSR count). The first-order valence-corrected chi connectivity index (χ1v) is 7.24. The van der Waals surface area contributed by atoms with Crippen LogP contribution < -0.4 is 5.32 Å². The van der Waals surface area contributed by atoms with Gasteiger partial charge in [-0.2, -0.15) is 0 Å². The minimum Gasteiger partial charge on any atom is -0.480 e. The molecule has 0 bridgehead atoms. The molecule has 0 fully saturated rings. The van der Waals surface area contributed by atoms with E-state index in [1.807, 2.05) is 0 Å². The lowest BCUT2D eigenvalue weighted by atomic mass is 10.1. The summed E-state index contributed by atoms with van der Waals surface area (Å²) in [5.74, 6) is -1.50. The zero-order chi connectivity index (χ0) is 14.5. The summed E-state index contributed by atoms with van der Waals surface area (Å²) in [4.78, 5) is 22.0. The molecule has 0 aliphatic carbocycles. The molecule has 0 heterocycles. The second-order valence-electron chi connectivity index (χ2n) is 4.87. The number of carbonyl (C=O) groups is 2. The molecule has 0 saturated heterocycles. The van der Waals surface area contributed by atoms with Crippen LogP contribution in [0.1, 0.15) is 64.7 Å². The maximum atomic E-state index is 11.4. The Balaban J connectivity index is 3.45. The molecule has 0 spiro atoms. The largest absolute Gasteiger partial charge is 0.480 e. The molecule has 0 aliphatic heterocycles. The number of carbonyl (C=O) groups excluding carboxylic acids is 1. The van der Waals surface area contributed by atoms with E-state index in [-0.39, 0.29) is 5.91 Å². The van der Waals surface area contributed by atoms with Crippen LogP contribution in [0.25, 0.3) is 0 Å². The summed E-state index contributed by atoms with van der Waals surface area (Å²) in [6.07, 6.45) is 9.51. The van der Waals surface area contributed by atoms with Crippen LogP contribution in [0.5, 0.6) is 0 Å². The first kappa shape index (κ1) is 17.9. The monoisotopic (exact) mass is 273 g/mol. The van der Waals surface area contributed by atoms with Gasteiger partial charge in [-0.05, 0) is 6.42 Å². The van der Waals surface area contributed by atoms with Crippen LogP contribution in [0.4, 0.5) is 0 Å². The lowest BCUT2D eigenvalue weighted by molar-refractivity contribution is -0.142. The molecule has 0 aromatic rings.